The minimum Gasteiger partial charge on any atom is -0.497 e. The smallest absolute Gasteiger partial charge is 0.416 e. The lowest BCUT2D eigenvalue weighted by Crippen LogP contribution is -2.04. The van der Waals surface area contributed by atoms with Crippen LogP contribution in [0.3, 0.4) is 0 Å². The van der Waals surface area contributed by atoms with Crippen molar-refractivity contribution in [3.63, 3.8) is 0 Å². The van der Waals surface area contributed by atoms with E-state index in [9.17, 15) is 13.2 Å². The second-order valence-electron chi connectivity index (χ2n) is 6.51. The number of hydrogen-bond donors (Lipinski definition) is 0. The van der Waals surface area contributed by atoms with Gasteiger partial charge in [0.1, 0.15) is 5.75 Å². The van der Waals surface area contributed by atoms with E-state index in [2.05, 4.69) is 0 Å². The number of rotatable bonds is 3. The monoisotopic (exact) mass is 342 g/mol. The third-order valence-corrected chi connectivity index (χ3v) is 4.73. The van der Waals surface area contributed by atoms with E-state index in [-0.39, 0.29) is 0 Å². The molecule has 1 saturated carbocycles. The second-order valence-corrected chi connectivity index (χ2v) is 6.51. The van der Waals surface area contributed by atoms with Crippen LogP contribution >= 0.6 is 0 Å². The van der Waals surface area contributed by atoms with Crippen molar-refractivity contribution < 1.29 is 17.9 Å². The molecule has 1 nitrogen and oxygen atoms in total. The van der Waals surface area contributed by atoms with Gasteiger partial charge in [0.25, 0.3) is 0 Å². The molecule has 0 aliphatic heterocycles. The number of fused-ring (bicyclic) bond motifs is 1. The Hall–Kier alpha value is -2.49. The molecule has 1 aliphatic rings. The largest absolute Gasteiger partial charge is 0.497 e. The van der Waals surface area contributed by atoms with Crippen LogP contribution in [0.25, 0.3) is 21.9 Å². The zero-order valence-corrected chi connectivity index (χ0v) is 13.7. The van der Waals surface area contributed by atoms with E-state index >= 15 is 0 Å². The van der Waals surface area contributed by atoms with Gasteiger partial charge in [-0.2, -0.15) is 13.2 Å². The topological polar surface area (TPSA) is 9.23 Å². The number of halogens is 3. The molecule has 4 rings (SSSR count). The molecule has 3 aromatic carbocycles. The molecule has 25 heavy (non-hydrogen) atoms. The highest BCUT2D eigenvalue weighted by molar-refractivity contribution is 5.92. The van der Waals surface area contributed by atoms with E-state index in [1.54, 1.807) is 13.2 Å². The SMILES string of the molecule is COc1ccc2cc(-c3cccc(C(F)(F)F)c3)cc(C3CC3)c2c1. The van der Waals surface area contributed by atoms with Crippen LogP contribution in [0.2, 0.25) is 0 Å². The summed E-state index contributed by atoms with van der Waals surface area (Å²) < 4.78 is 44.4. The summed E-state index contributed by atoms with van der Waals surface area (Å²) in [6, 6.07) is 15.4. The third kappa shape index (κ3) is 3.09. The Morgan fingerprint density at radius 2 is 1.72 bits per heavy atom. The Balaban J connectivity index is 1.88. The molecule has 0 bridgehead atoms. The van der Waals surface area contributed by atoms with Gasteiger partial charge in [-0.15, -0.1) is 0 Å². The van der Waals surface area contributed by atoms with Crippen LogP contribution in [0, 0.1) is 0 Å². The summed E-state index contributed by atoms with van der Waals surface area (Å²) in [5.41, 5.74) is 2.00. The number of hydrogen-bond acceptors (Lipinski definition) is 1. The first-order valence-corrected chi connectivity index (χ1v) is 8.25. The molecule has 0 amide bonds. The van der Waals surface area contributed by atoms with Gasteiger partial charge >= 0.3 is 6.18 Å². The summed E-state index contributed by atoms with van der Waals surface area (Å²) in [5.74, 6) is 1.28. The molecule has 0 N–H and O–H groups in total. The molecule has 0 unspecified atom stereocenters. The van der Waals surface area contributed by atoms with E-state index in [1.165, 1.54) is 17.7 Å². The van der Waals surface area contributed by atoms with Crippen LogP contribution in [0.1, 0.15) is 29.9 Å². The molecule has 0 heterocycles. The Labute approximate surface area is 144 Å². The summed E-state index contributed by atoms with van der Waals surface area (Å²) in [6.07, 6.45) is -2.09. The molecule has 0 atom stereocenters. The van der Waals surface area contributed by atoms with Crippen molar-refractivity contribution in [1.29, 1.82) is 0 Å². The zero-order valence-electron chi connectivity index (χ0n) is 13.7. The van der Waals surface area contributed by atoms with Gasteiger partial charge < -0.3 is 4.74 Å². The number of alkyl halides is 3. The van der Waals surface area contributed by atoms with Gasteiger partial charge in [0, 0.05) is 0 Å². The van der Waals surface area contributed by atoms with Crippen molar-refractivity contribution in [1.82, 2.24) is 0 Å². The molecule has 1 aliphatic carbocycles. The average Bonchev–Trinajstić information content (AvgIpc) is 3.44. The Kier molecular flexibility index (Phi) is 3.71. The maximum atomic E-state index is 13.0. The van der Waals surface area contributed by atoms with Gasteiger partial charge in [-0.1, -0.05) is 24.3 Å². The van der Waals surface area contributed by atoms with Crippen molar-refractivity contribution in [2.24, 2.45) is 0 Å². The van der Waals surface area contributed by atoms with Crippen LogP contribution in [0.4, 0.5) is 13.2 Å². The van der Waals surface area contributed by atoms with Crippen molar-refractivity contribution in [2.75, 3.05) is 7.11 Å². The molecule has 1 fully saturated rings. The van der Waals surface area contributed by atoms with E-state index in [4.69, 9.17) is 4.74 Å². The number of methoxy groups -OCH3 is 1. The summed E-state index contributed by atoms with van der Waals surface area (Å²) in [4.78, 5) is 0. The lowest BCUT2D eigenvalue weighted by atomic mass is 9.94. The summed E-state index contributed by atoms with van der Waals surface area (Å²) in [7, 11) is 1.63. The summed E-state index contributed by atoms with van der Waals surface area (Å²) in [6.45, 7) is 0. The normalized spacial score (nSPS) is 14.7. The lowest BCUT2D eigenvalue weighted by Gasteiger charge is -2.13. The summed E-state index contributed by atoms with van der Waals surface area (Å²) >= 11 is 0. The van der Waals surface area contributed by atoms with E-state index in [1.807, 2.05) is 30.3 Å². The van der Waals surface area contributed by atoms with Crippen LogP contribution in [0.5, 0.6) is 5.75 Å². The molecule has 0 saturated heterocycles. The molecule has 4 heteroatoms. The van der Waals surface area contributed by atoms with Crippen molar-refractivity contribution in [3.05, 3.63) is 65.7 Å². The van der Waals surface area contributed by atoms with E-state index in [0.29, 0.717) is 11.5 Å². The third-order valence-electron chi connectivity index (χ3n) is 4.73. The van der Waals surface area contributed by atoms with Crippen molar-refractivity contribution in [3.8, 4) is 16.9 Å². The fourth-order valence-corrected chi connectivity index (χ4v) is 3.27. The highest BCUT2D eigenvalue weighted by Gasteiger charge is 2.31. The lowest BCUT2D eigenvalue weighted by molar-refractivity contribution is -0.137. The minimum atomic E-state index is -4.33. The Morgan fingerprint density at radius 3 is 2.40 bits per heavy atom. The molecule has 0 aromatic heterocycles. The first kappa shape index (κ1) is 16.0. The van der Waals surface area contributed by atoms with E-state index in [0.717, 1.165) is 41.0 Å². The molecule has 3 aromatic rings. The highest BCUT2D eigenvalue weighted by Crippen LogP contribution is 2.45. The summed E-state index contributed by atoms with van der Waals surface area (Å²) in [5, 5.41) is 2.15. The van der Waals surface area contributed by atoms with Gasteiger partial charge in [-0.05, 0) is 76.6 Å². The minimum absolute atomic E-state index is 0.486. The number of benzene rings is 3. The van der Waals surface area contributed by atoms with Crippen LogP contribution < -0.4 is 4.74 Å². The molecular weight excluding hydrogens is 325 g/mol. The van der Waals surface area contributed by atoms with Gasteiger partial charge in [0.15, 0.2) is 0 Å². The predicted octanol–water partition coefficient (Wildman–Crippen LogP) is 6.41. The van der Waals surface area contributed by atoms with Crippen molar-refractivity contribution in [2.45, 2.75) is 24.9 Å². The van der Waals surface area contributed by atoms with Gasteiger partial charge in [-0.3, -0.25) is 0 Å². The first-order valence-electron chi connectivity index (χ1n) is 8.25. The Bertz CT molecular complexity index is 940. The van der Waals surface area contributed by atoms with Crippen molar-refractivity contribution >= 4 is 10.8 Å². The second kappa shape index (κ2) is 5.80. The van der Waals surface area contributed by atoms with Crippen LogP contribution in [-0.4, -0.2) is 7.11 Å². The van der Waals surface area contributed by atoms with Gasteiger partial charge in [-0.25, -0.2) is 0 Å². The standard InChI is InChI=1S/C21H17F3O/c1-25-18-8-7-15-9-16(11-19(13-5-6-13)20(15)12-18)14-3-2-4-17(10-14)21(22,23)24/h2-4,7-13H,5-6H2,1H3. The highest BCUT2D eigenvalue weighted by atomic mass is 19.4. The first-order chi connectivity index (χ1) is 12.0. The maximum absolute atomic E-state index is 13.0. The molecular formula is C21H17F3O. The van der Waals surface area contributed by atoms with Gasteiger partial charge in [0.05, 0.1) is 12.7 Å². The fourth-order valence-electron chi connectivity index (χ4n) is 3.27. The van der Waals surface area contributed by atoms with E-state index < -0.39 is 11.7 Å². The zero-order chi connectivity index (χ0) is 17.6. The van der Waals surface area contributed by atoms with Crippen LogP contribution in [-0.2, 0) is 6.18 Å². The predicted molar refractivity (Wildman–Crippen MR) is 92.9 cm³/mol. The molecule has 0 spiro atoms. The average molecular weight is 342 g/mol. The molecule has 0 radical (unpaired) electrons. The Morgan fingerprint density at radius 1 is 0.920 bits per heavy atom. The maximum Gasteiger partial charge on any atom is 0.416 e. The van der Waals surface area contributed by atoms with Crippen LogP contribution in [0.15, 0.2) is 54.6 Å². The number of ether oxygens (including phenoxy) is 1. The fraction of sp³-hybridized carbons (Fsp3) is 0.238. The molecule has 128 valence electrons. The quantitative estimate of drug-likeness (QED) is 0.534. The van der Waals surface area contributed by atoms with Gasteiger partial charge in [0.2, 0.25) is 0 Å².